The van der Waals surface area contributed by atoms with Crippen molar-refractivity contribution in [2.24, 2.45) is 20.4 Å². The Kier molecular flexibility index (Phi) is 5.15. The summed E-state index contributed by atoms with van der Waals surface area (Å²) in [5.74, 6) is 0. The van der Waals surface area contributed by atoms with Crippen molar-refractivity contribution in [3.05, 3.63) is 0 Å². The Morgan fingerprint density at radius 3 is 2.88 bits per heavy atom. The van der Waals surface area contributed by atoms with Gasteiger partial charge in [-0.1, -0.05) is 5.22 Å². The van der Waals surface area contributed by atoms with Crippen LogP contribution < -0.4 is 0 Å². The summed E-state index contributed by atoms with van der Waals surface area (Å²) < 4.78 is 0. The lowest BCUT2D eigenvalue weighted by Crippen LogP contribution is -1.75. The van der Waals surface area contributed by atoms with Crippen LogP contribution in [0.2, 0.25) is 0 Å². The first kappa shape index (κ1) is 6.94. The lowest BCUT2D eigenvalue weighted by molar-refractivity contribution is 1.02. The summed E-state index contributed by atoms with van der Waals surface area (Å²) in [5, 5.41) is 10.2. The van der Waals surface area contributed by atoms with E-state index in [9.17, 15) is 0 Å². The van der Waals surface area contributed by atoms with Crippen molar-refractivity contribution in [3.63, 3.8) is 0 Å². The molecule has 0 saturated carbocycles. The molecular formula is C4H8N4. The molecule has 0 aromatic heterocycles. The van der Waals surface area contributed by atoms with Crippen LogP contribution in [0.4, 0.5) is 0 Å². The van der Waals surface area contributed by atoms with Gasteiger partial charge in [0.15, 0.2) is 0 Å². The van der Waals surface area contributed by atoms with Gasteiger partial charge in [-0.3, -0.25) is 4.99 Å². The SMILES string of the molecule is C=NC/C=N/N=N\C. The highest BCUT2D eigenvalue weighted by molar-refractivity contribution is 5.60. The molecule has 0 saturated heterocycles. The highest BCUT2D eigenvalue weighted by Crippen LogP contribution is 1.69. The molecule has 0 bridgehead atoms. The minimum absolute atomic E-state index is 0.499. The molecule has 0 rings (SSSR count). The fourth-order valence-electron chi connectivity index (χ4n) is 0.182. The molecule has 0 aliphatic rings. The smallest absolute Gasteiger partial charge is 0.0754 e. The van der Waals surface area contributed by atoms with Crippen LogP contribution in [0.15, 0.2) is 20.4 Å². The Hall–Kier alpha value is -1.06. The number of hydrogen-bond donors (Lipinski definition) is 0. The third kappa shape index (κ3) is 4.94. The maximum absolute atomic E-state index is 3.51. The summed E-state index contributed by atoms with van der Waals surface area (Å²) in [6.07, 6.45) is 1.53. The molecule has 0 fully saturated rings. The predicted octanol–water partition coefficient (Wildman–Crippen LogP) is 0.755. The van der Waals surface area contributed by atoms with E-state index >= 15 is 0 Å². The van der Waals surface area contributed by atoms with Crippen molar-refractivity contribution in [2.75, 3.05) is 13.6 Å². The van der Waals surface area contributed by atoms with E-state index in [-0.39, 0.29) is 0 Å². The van der Waals surface area contributed by atoms with Gasteiger partial charge in [-0.25, -0.2) is 0 Å². The first-order chi connectivity index (χ1) is 3.91. The topological polar surface area (TPSA) is 49.4 Å². The second kappa shape index (κ2) is 5.94. The fraction of sp³-hybridized carbons (Fsp3) is 0.500. The molecule has 0 aliphatic carbocycles. The molecule has 0 atom stereocenters. The van der Waals surface area contributed by atoms with E-state index in [1.54, 1.807) is 7.05 Å². The third-order valence-corrected chi connectivity index (χ3v) is 0.433. The summed E-state index contributed by atoms with van der Waals surface area (Å²) >= 11 is 0. The van der Waals surface area contributed by atoms with Gasteiger partial charge >= 0.3 is 0 Å². The molecule has 0 spiro atoms. The van der Waals surface area contributed by atoms with Crippen LogP contribution in [0, 0.1) is 0 Å². The Morgan fingerprint density at radius 2 is 2.38 bits per heavy atom. The van der Waals surface area contributed by atoms with E-state index in [0.29, 0.717) is 6.54 Å². The van der Waals surface area contributed by atoms with Crippen molar-refractivity contribution in [3.8, 4) is 0 Å². The van der Waals surface area contributed by atoms with E-state index < -0.39 is 0 Å². The van der Waals surface area contributed by atoms with Gasteiger partial charge in [0.2, 0.25) is 0 Å². The standard InChI is InChI=1S/C4H8N4/c1-5-3-4-7-8-6-2/h4H,1,3H2,2H3/b7-4+,8-6-. The van der Waals surface area contributed by atoms with Crippen LogP contribution in [0.1, 0.15) is 0 Å². The number of nitrogens with zero attached hydrogens (tertiary/aromatic N) is 4. The number of aliphatic imine (C=N–C) groups is 1. The minimum Gasteiger partial charge on any atom is -0.295 e. The first-order valence-corrected chi connectivity index (χ1v) is 2.15. The molecule has 0 N–H and O–H groups in total. The second-order valence-corrected chi connectivity index (χ2v) is 0.994. The number of hydrogen-bond acceptors (Lipinski definition) is 3. The monoisotopic (exact) mass is 112 g/mol. The van der Waals surface area contributed by atoms with E-state index in [4.69, 9.17) is 0 Å². The van der Waals surface area contributed by atoms with Crippen LogP contribution in [-0.2, 0) is 0 Å². The van der Waals surface area contributed by atoms with Gasteiger partial charge in [0, 0.05) is 0 Å². The zero-order valence-corrected chi connectivity index (χ0v) is 4.78. The Bertz CT molecular complexity index is 105. The molecule has 4 heteroatoms. The van der Waals surface area contributed by atoms with E-state index in [1.807, 2.05) is 0 Å². The van der Waals surface area contributed by atoms with E-state index in [0.717, 1.165) is 0 Å². The molecule has 0 aromatic carbocycles. The molecule has 0 aromatic rings. The summed E-state index contributed by atoms with van der Waals surface area (Å²) in [6.45, 7) is 3.74. The quantitative estimate of drug-likeness (QED) is 0.294. The fourth-order valence-corrected chi connectivity index (χ4v) is 0.182. The first-order valence-electron chi connectivity index (χ1n) is 2.15. The third-order valence-electron chi connectivity index (χ3n) is 0.433. The van der Waals surface area contributed by atoms with Crippen LogP contribution in [0.25, 0.3) is 0 Å². The van der Waals surface area contributed by atoms with Crippen molar-refractivity contribution in [1.29, 1.82) is 0 Å². The summed E-state index contributed by atoms with van der Waals surface area (Å²) in [7, 11) is 1.55. The molecule has 44 valence electrons. The lowest BCUT2D eigenvalue weighted by atomic mass is 10.7. The second-order valence-electron chi connectivity index (χ2n) is 0.994. The van der Waals surface area contributed by atoms with Gasteiger partial charge < -0.3 is 0 Å². The molecular weight excluding hydrogens is 104 g/mol. The average Bonchev–Trinajstić information content (AvgIpc) is 1.81. The van der Waals surface area contributed by atoms with Gasteiger partial charge in [-0.2, -0.15) is 5.11 Å². The number of rotatable bonds is 3. The van der Waals surface area contributed by atoms with Crippen LogP contribution >= 0.6 is 0 Å². The highest BCUT2D eigenvalue weighted by Gasteiger charge is 1.63. The average molecular weight is 112 g/mol. The van der Waals surface area contributed by atoms with Crippen molar-refractivity contribution < 1.29 is 0 Å². The predicted molar refractivity (Wildman–Crippen MR) is 33.7 cm³/mol. The summed E-state index contributed by atoms with van der Waals surface area (Å²) in [4.78, 5) is 3.51. The zero-order valence-electron chi connectivity index (χ0n) is 4.78. The molecule has 8 heavy (non-hydrogen) atoms. The van der Waals surface area contributed by atoms with Crippen LogP contribution in [0.3, 0.4) is 0 Å². The molecule has 0 radical (unpaired) electrons. The highest BCUT2D eigenvalue weighted by atomic mass is 15.3. The molecule has 4 nitrogen and oxygen atoms in total. The Morgan fingerprint density at radius 1 is 1.62 bits per heavy atom. The van der Waals surface area contributed by atoms with Gasteiger partial charge in [0.1, 0.15) is 0 Å². The summed E-state index contributed by atoms with van der Waals surface area (Å²) in [6, 6.07) is 0. The maximum atomic E-state index is 3.51. The molecule has 0 aliphatic heterocycles. The van der Waals surface area contributed by atoms with Crippen molar-refractivity contribution in [2.45, 2.75) is 0 Å². The van der Waals surface area contributed by atoms with Gasteiger partial charge in [0.05, 0.1) is 19.8 Å². The maximum Gasteiger partial charge on any atom is 0.0754 e. The Balaban J connectivity index is 3.19. The molecule has 0 amide bonds. The molecule has 0 heterocycles. The zero-order chi connectivity index (χ0) is 6.24. The van der Waals surface area contributed by atoms with E-state index in [2.05, 4.69) is 27.1 Å². The Labute approximate surface area is 48.0 Å². The van der Waals surface area contributed by atoms with Crippen molar-refractivity contribution in [1.82, 2.24) is 0 Å². The van der Waals surface area contributed by atoms with Gasteiger partial charge in [0.25, 0.3) is 0 Å². The van der Waals surface area contributed by atoms with E-state index in [1.165, 1.54) is 6.21 Å². The summed E-state index contributed by atoms with van der Waals surface area (Å²) in [5.41, 5.74) is 0. The largest absolute Gasteiger partial charge is 0.295 e. The van der Waals surface area contributed by atoms with Gasteiger partial charge in [-0.15, -0.1) is 5.10 Å². The van der Waals surface area contributed by atoms with Crippen molar-refractivity contribution >= 4 is 12.9 Å². The van der Waals surface area contributed by atoms with Gasteiger partial charge in [-0.05, 0) is 6.72 Å². The minimum atomic E-state index is 0.499. The normalized spacial score (nSPS) is 11.1. The molecule has 0 unspecified atom stereocenters. The van der Waals surface area contributed by atoms with Crippen LogP contribution in [0.5, 0.6) is 0 Å². The van der Waals surface area contributed by atoms with Crippen LogP contribution in [-0.4, -0.2) is 26.5 Å². The lowest BCUT2D eigenvalue weighted by Gasteiger charge is -1.72.